The predicted molar refractivity (Wildman–Crippen MR) is 84.7 cm³/mol. The van der Waals surface area contributed by atoms with Gasteiger partial charge in [-0.25, -0.2) is 4.79 Å². The zero-order valence-electron chi connectivity index (χ0n) is 10.8. The highest BCUT2D eigenvalue weighted by Crippen LogP contribution is 2.31. The number of hydrogen-bond donors (Lipinski definition) is 2. The predicted octanol–water partition coefficient (Wildman–Crippen LogP) is 3.66. The highest BCUT2D eigenvalue weighted by atomic mass is 79.9. The van der Waals surface area contributed by atoms with E-state index in [2.05, 4.69) is 20.9 Å². The van der Waals surface area contributed by atoms with Gasteiger partial charge in [-0.2, -0.15) is 0 Å². The molecule has 0 spiro atoms. The molecule has 3 rings (SSSR count). The number of aromatic nitrogens is 1. The van der Waals surface area contributed by atoms with Gasteiger partial charge in [0.1, 0.15) is 5.69 Å². The second-order valence-corrected chi connectivity index (χ2v) is 5.48. The fourth-order valence-electron chi connectivity index (χ4n) is 2.36. The maximum Gasteiger partial charge on any atom is 0.353 e. The molecule has 0 aliphatic heterocycles. The second kappa shape index (κ2) is 5.18. The first kappa shape index (κ1) is 13.6. The molecule has 0 amide bonds. The van der Waals surface area contributed by atoms with Gasteiger partial charge >= 0.3 is 5.97 Å². The van der Waals surface area contributed by atoms with E-state index in [0.29, 0.717) is 16.3 Å². The Bertz CT molecular complexity index is 901. The van der Waals surface area contributed by atoms with Crippen molar-refractivity contribution in [2.45, 2.75) is 0 Å². The van der Waals surface area contributed by atoms with E-state index in [1.807, 2.05) is 30.3 Å². The molecule has 2 aromatic carbocycles. The average Bonchev–Trinajstić information content (AvgIpc) is 2.47. The number of hydrogen-bond acceptors (Lipinski definition) is 2. The van der Waals surface area contributed by atoms with Gasteiger partial charge in [-0.1, -0.05) is 46.3 Å². The third-order valence-electron chi connectivity index (χ3n) is 3.26. The van der Waals surface area contributed by atoms with Crippen molar-refractivity contribution in [3.8, 4) is 11.1 Å². The molecule has 0 aliphatic rings. The first-order chi connectivity index (χ1) is 10.1. The van der Waals surface area contributed by atoms with Gasteiger partial charge in [0.15, 0.2) is 0 Å². The number of rotatable bonds is 2. The van der Waals surface area contributed by atoms with E-state index in [1.54, 1.807) is 18.2 Å². The van der Waals surface area contributed by atoms with Gasteiger partial charge in [-0.05, 0) is 29.1 Å². The number of carboxylic acids is 1. The lowest BCUT2D eigenvalue weighted by Gasteiger charge is -2.10. The first-order valence-corrected chi connectivity index (χ1v) is 7.01. The topological polar surface area (TPSA) is 70.2 Å². The monoisotopic (exact) mass is 343 g/mol. The summed E-state index contributed by atoms with van der Waals surface area (Å²) in [6.45, 7) is 0. The Labute approximate surface area is 128 Å². The van der Waals surface area contributed by atoms with Crippen LogP contribution in [0.1, 0.15) is 10.5 Å². The van der Waals surface area contributed by atoms with Crippen LogP contribution in [0.25, 0.3) is 21.9 Å². The lowest BCUT2D eigenvalue weighted by atomic mass is 9.97. The SMILES string of the molecule is O=C(O)c1[nH]c(=O)c2ccc(Br)cc2c1-c1ccccc1. The molecule has 2 N–H and O–H groups in total. The van der Waals surface area contributed by atoms with E-state index < -0.39 is 11.5 Å². The Morgan fingerprint density at radius 3 is 2.43 bits per heavy atom. The first-order valence-electron chi connectivity index (χ1n) is 6.22. The van der Waals surface area contributed by atoms with E-state index in [0.717, 1.165) is 10.0 Å². The van der Waals surface area contributed by atoms with Crippen LogP contribution in [0, 0.1) is 0 Å². The van der Waals surface area contributed by atoms with Crippen molar-refractivity contribution < 1.29 is 9.90 Å². The molecule has 0 aliphatic carbocycles. The molecular weight excluding hydrogens is 334 g/mol. The Morgan fingerprint density at radius 1 is 1.05 bits per heavy atom. The molecular formula is C16H10BrNO3. The van der Waals surface area contributed by atoms with E-state index in [-0.39, 0.29) is 5.69 Å². The van der Waals surface area contributed by atoms with Gasteiger partial charge in [0.25, 0.3) is 5.56 Å². The normalized spacial score (nSPS) is 10.7. The van der Waals surface area contributed by atoms with E-state index in [9.17, 15) is 14.7 Å². The largest absolute Gasteiger partial charge is 0.477 e. The van der Waals surface area contributed by atoms with Crippen LogP contribution in [0.2, 0.25) is 0 Å². The lowest BCUT2D eigenvalue weighted by molar-refractivity contribution is 0.0691. The summed E-state index contributed by atoms with van der Waals surface area (Å²) in [6.07, 6.45) is 0. The molecule has 0 saturated carbocycles. The minimum atomic E-state index is -1.16. The van der Waals surface area contributed by atoms with Gasteiger partial charge in [0, 0.05) is 15.4 Å². The molecule has 104 valence electrons. The van der Waals surface area contributed by atoms with Crippen LogP contribution < -0.4 is 5.56 Å². The zero-order chi connectivity index (χ0) is 15.0. The molecule has 0 radical (unpaired) electrons. The quantitative estimate of drug-likeness (QED) is 0.745. The fraction of sp³-hybridized carbons (Fsp3) is 0. The molecule has 5 heteroatoms. The van der Waals surface area contributed by atoms with Crippen molar-refractivity contribution in [1.29, 1.82) is 0 Å². The maximum atomic E-state index is 12.1. The number of carboxylic acid groups (broad SMARTS) is 1. The van der Waals surface area contributed by atoms with Gasteiger partial charge in [0.05, 0.1) is 0 Å². The molecule has 0 atom stereocenters. The van der Waals surface area contributed by atoms with E-state index >= 15 is 0 Å². The fourth-order valence-corrected chi connectivity index (χ4v) is 2.73. The summed E-state index contributed by atoms with van der Waals surface area (Å²) < 4.78 is 0.786. The summed E-state index contributed by atoms with van der Waals surface area (Å²) in [6, 6.07) is 14.4. The molecule has 1 aromatic heterocycles. The van der Waals surface area contributed by atoms with Crippen molar-refractivity contribution in [1.82, 2.24) is 4.98 Å². The number of fused-ring (bicyclic) bond motifs is 1. The summed E-state index contributed by atoms with van der Waals surface area (Å²) >= 11 is 3.37. The van der Waals surface area contributed by atoms with Crippen LogP contribution in [0.4, 0.5) is 0 Å². The standard InChI is InChI=1S/C16H10BrNO3/c17-10-6-7-11-12(8-10)13(9-4-2-1-3-5-9)14(16(20)21)18-15(11)19/h1-8H,(H,18,19)(H,20,21). The summed E-state index contributed by atoms with van der Waals surface area (Å²) in [4.78, 5) is 26.0. The number of H-pyrrole nitrogens is 1. The van der Waals surface area contributed by atoms with Gasteiger partial charge in [-0.3, -0.25) is 4.79 Å². The molecule has 0 fully saturated rings. The van der Waals surface area contributed by atoms with Gasteiger partial charge < -0.3 is 10.1 Å². The Hall–Kier alpha value is -2.40. The molecule has 0 unspecified atom stereocenters. The summed E-state index contributed by atoms with van der Waals surface area (Å²) in [7, 11) is 0. The van der Waals surface area contributed by atoms with Crippen LogP contribution in [0.5, 0.6) is 0 Å². The van der Waals surface area contributed by atoms with Gasteiger partial charge in [-0.15, -0.1) is 0 Å². The molecule has 4 nitrogen and oxygen atoms in total. The average molecular weight is 344 g/mol. The number of aromatic carboxylic acids is 1. The number of pyridine rings is 1. The van der Waals surface area contributed by atoms with Crippen LogP contribution in [0.15, 0.2) is 57.8 Å². The minimum absolute atomic E-state index is 0.100. The summed E-state index contributed by atoms with van der Waals surface area (Å²) in [5, 5.41) is 10.5. The van der Waals surface area contributed by atoms with Crippen molar-refractivity contribution in [3.05, 3.63) is 69.1 Å². The second-order valence-electron chi connectivity index (χ2n) is 4.57. The molecule has 0 bridgehead atoms. The van der Waals surface area contributed by atoms with Crippen molar-refractivity contribution in [2.75, 3.05) is 0 Å². The third-order valence-corrected chi connectivity index (χ3v) is 3.75. The summed E-state index contributed by atoms with van der Waals surface area (Å²) in [5.41, 5.74) is 0.750. The maximum absolute atomic E-state index is 12.1. The van der Waals surface area contributed by atoms with E-state index in [4.69, 9.17) is 0 Å². The van der Waals surface area contributed by atoms with Crippen LogP contribution in [-0.2, 0) is 0 Å². The highest BCUT2D eigenvalue weighted by molar-refractivity contribution is 9.10. The Balaban J connectivity index is 2.52. The third kappa shape index (κ3) is 2.36. The minimum Gasteiger partial charge on any atom is -0.477 e. The molecule has 0 saturated heterocycles. The Morgan fingerprint density at radius 2 is 1.76 bits per heavy atom. The number of carbonyl (C=O) groups is 1. The number of nitrogens with one attached hydrogen (secondary N) is 1. The van der Waals surface area contributed by atoms with Crippen molar-refractivity contribution >= 4 is 32.7 Å². The van der Waals surface area contributed by atoms with Crippen molar-refractivity contribution in [3.63, 3.8) is 0 Å². The number of benzene rings is 2. The molecule has 1 heterocycles. The van der Waals surface area contributed by atoms with E-state index in [1.165, 1.54) is 0 Å². The molecule has 3 aromatic rings. The number of aromatic amines is 1. The smallest absolute Gasteiger partial charge is 0.353 e. The number of halogens is 1. The lowest BCUT2D eigenvalue weighted by Crippen LogP contribution is -2.15. The van der Waals surface area contributed by atoms with Crippen LogP contribution in [-0.4, -0.2) is 16.1 Å². The summed E-state index contributed by atoms with van der Waals surface area (Å²) in [5.74, 6) is -1.16. The van der Waals surface area contributed by atoms with Crippen LogP contribution >= 0.6 is 15.9 Å². The highest BCUT2D eigenvalue weighted by Gasteiger charge is 2.18. The Kier molecular flexibility index (Phi) is 3.35. The zero-order valence-corrected chi connectivity index (χ0v) is 12.3. The van der Waals surface area contributed by atoms with Crippen molar-refractivity contribution in [2.24, 2.45) is 0 Å². The van der Waals surface area contributed by atoms with Crippen LogP contribution in [0.3, 0.4) is 0 Å². The van der Waals surface area contributed by atoms with Gasteiger partial charge in [0.2, 0.25) is 0 Å². The molecule has 21 heavy (non-hydrogen) atoms.